The molecule has 0 aliphatic rings. The summed E-state index contributed by atoms with van der Waals surface area (Å²) >= 11 is 0. The number of carbonyl (C=O) groups is 1. The highest BCUT2D eigenvalue weighted by Gasteiger charge is 2.30. The van der Waals surface area contributed by atoms with Crippen LogP contribution in [0.2, 0.25) is 0 Å². The van der Waals surface area contributed by atoms with E-state index in [0.717, 1.165) is 6.07 Å². The zero-order valence-electron chi connectivity index (χ0n) is 11.6. The minimum Gasteiger partial charge on any atom is -0.347 e. The molecule has 1 amide bonds. The standard InChI is InChI=1S/C14H20F2N2O/c1-8(17)13(19)18-12(14(2,3)4)10-6-5-9(15)7-11(10)16/h5-8,12H,17H2,1-4H3,(H,18,19)/t8-,12?/m1/s1. The van der Waals surface area contributed by atoms with E-state index in [9.17, 15) is 13.6 Å². The van der Waals surface area contributed by atoms with Gasteiger partial charge in [0.05, 0.1) is 12.1 Å². The highest BCUT2D eigenvalue weighted by Crippen LogP contribution is 2.34. The maximum Gasteiger partial charge on any atom is 0.237 e. The SMILES string of the molecule is C[C@@H](N)C(=O)NC(c1ccc(F)cc1F)C(C)(C)C. The Hall–Kier alpha value is -1.49. The van der Waals surface area contributed by atoms with Gasteiger partial charge in [-0.05, 0) is 18.4 Å². The first kappa shape index (κ1) is 15.6. The van der Waals surface area contributed by atoms with Gasteiger partial charge in [0.25, 0.3) is 0 Å². The zero-order chi connectivity index (χ0) is 14.8. The van der Waals surface area contributed by atoms with Gasteiger partial charge in [-0.3, -0.25) is 4.79 Å². The molecule has 1 aromatic carbocycles. The van der Waals surface area contributed by atoms with Crippen LogP contribution in [0.3, 0.4) is 0 Å². The molecule has 1 unspecified atom stereocenters. The molecule has 0 fully saturated rings. The summed E-state index contributed by atoms with van der Waals surface area (Å²) in [5.74, 6) is -1.69. The van der Waals surface area contributed by atoms with Gasteiger partial charge in [-0.15, -0.1) is 0 Å². The van der Waals surface area contributed by atoms with Crippen LogP contribution in [0.4, 0.5) is 8.78 Å². The Balaban J connectivity index is 3.14. The van der Waals surface area contributed by atoms with E-state index in [0.29, 0.717) is 0 Å². The molecule has 0 bridgehead atoms. The molecule has 0 aliphatic heterocycles. The molecule has 3 N–H and O–H groups in total. The Bertz CT molecular complexity index is 467. The third kappa shape index (κ3) is 3.99. The molecular formula is C14H20F2N2O. The highest BCUT2D eigenvalue weighted by molar-refractivity contribution is 5.81. The number of hydrogen-bond acceptors (Lipinski definition) is 2. The van der Waals surface area contributed by atoms with Gasteiger partial charge in [0.2, 0.25) is 5.91 Å². The van der Waals surface area contributed by atoms with E-state index in [4.69, 9.17) is 5.73 Å². The van der Waals surface area contributed by atoms with Gasteiger partial charge in [-0.25, -0.2) is 8.78 Å². The third-order valence-corrected chi connectivity index (χ3v) is 2.84. The summed E-state index contributed by atoms with van der Waals surface area (Å²) in [5, 5.41) is 2.71. The van der Waals surface area contributed by atoms with Gasteiger partial charge < -0.3 is 11.1 Å². The lowest BCUT2D eigenvalue weighted by Gasteiger charge is -2.32. The van der Waals surface area contributed by atoms with Crippen LogP contribution in [-0.4, -0.2) is 11.9 Å². The first-order chi connectivity index (χ1) is 8.62. The fourth-order valence-corrected chi connectivity index (χ4v) is 1.77. The van der Waals surface area contributed by atoms with Crippen molar-refractivity contribution in [2.75, 3.05) is 0 Å². The molecule has 0 saturated heterocycles. The van der Waals surface area contributed by atoms with Gasteiger partial charge >= 0.3 is 0 Å². The Morgan fingerprint density at radius 2 is 1.89 bits per heavy atom. The summed E-state index contributed by atoms with van der Waals surface area (Å²) in [4.78, 5) is 11.7. The lowest BCUT2D eigenvalue weighted by atomic mass is 9.82. The molecule has 3 nitrogen and oxygen atoms in total. The number of rotatable bonds is 3. The van der Waals surface area contributed by atoms with Crippen LogP contribution in [0, 0.1) is 17.0 Å². The van der Waals surface area contributed by atoms with Gasteiger partial charge in [0, 0.05) is 11.6 Å². The van der Waals surface area contributed by atoms with E-state index in [1.807, 2.05) is 20.8 Å². The van der Waals surface area contributed by atoms with Crippen molar-refractivity contribution in [2.24, 2.45) is 11.1 Å². The van der Waals surface area contributed by atoms with Crippen molar-refractivity contribution in [1.29, 1.82) is 0 Å². The predicted molar refractivity (Wildman–Crippen MR) is 70.3 cm³/mol. The number of carbonyl (C=O) groups excluding carboxylic acids is 1. The Labute approximate surface area is 112 Å². The summed E-state index contributed by atoms with van der Waals surface area (Å²) < 4.78 is 26.8. The maximum absolute atomic E-state index is 13.9. The number of nitrogens with two attached hydrogens (primary N) is 1. The van der Waals surface area contributed by atoms with Crippen LogP contribution in [0.15, 0.2) is 18.2 Å². The van der Waals surface area contributed by atoms with Crippen LogP contribution in [0.5, 0.6) is 0 Å². The molecule has 0 heterocycles. The van der Waals surface area contributed by atoms with E-state index in [-0.39, 0.29) is 11.5 Å². The summed E-state index contributed by atoms with van der Waals surface area (Å²) in [5.41, 5.74) is 5.33. The normalized spacial score (nSPS) is 14.9. The van der Waals surface area contributed by atoms with Crippen molar-refractivity contribution < 1.29 is 13.6 Å². The third-order valence-electron chi connectivity index (χ3n) is 2.84. The molecule has 2 atom stereocenters. The van der Waals surface area contributed by atoms with Crippen LogP contribution in [0.1, 0.15) is 39.3 Å². The van der Waals surface area contributed by atoms with E-state index < -0.39 is 29.1 Å². The topological polar surface area (TPSA) is 55.1 Å². The lowest BCUT2D eigenvalue weighted by Crippen LogP contribution is -2.44. The molecule has 0 saturated carbocycles. The quantitative estimate of drug-likeness (QED) is 0.886. The molecule has 0 spiro atoms. The molecule has 5 heteroatoms. The lowest BCUT2D eigenvalue weighted by molar-refractivity contribution is -0.123. The summed E-state index contributed by atoms with van der Waals surface area (Å²) in [6.07, 6.45) is 0. The fourth-order valence-electron chi connectivity index (χ4n) is 1.77. The van der Waals surface area contributed by atoms with Crippen molar-refractivity contribution in [1.82, 2.24) is 5.32 Å². The minimum atomic E-state index is -0.687. The number of benzene rings is 1. The van der Waals surface area contributed by atoms with Gasteiger partial charge in [0.1, 0.15) is 11.6 Å². The van der Waals surface area contributed by atoms with Gasteiger partial charge in [0.15, 0.2) is 0 Å². The number of halogens is 2. The Morgan fingerprint density at radius 1 is 1.32 bits per heavy atom. The second-order valence-corrected chi connectivity index (χ2v) is 5.76. The second kappa shape index (κ2) is 5.65. The first-order valence-electron chi connectivity index (χ1n) is 6.14. The average Bonchev–Trinajstić information content (AvgIpc) is 2.24. The monoisotopic (exact) mass is 270 g/mol. The van der Waals surface area contributed by atoms with Crippen molar-refractivity contribution in [3.05, 3.63) is 35.4 Å². The molecule has 0 aromatic heterocycles. The average molecular weight is 270 g/mol. The van der Waals surface area contributed by atoms with E-state index in [1.54, 1.807) is 6.92 Å². The van der Waals surface area contributed by atoms with Crippen LogP contribution in [-0.2, 0) is 4.79 Å². The smallest absolute Gasteiger partial charge is 0.237 e. The fraction of sp³-hybridized carbons (Fsp3) is 0.500. The first-order valence-corrected chi connectivity index (χ1v) is 6.14. The molecule has 19 heavy (non-hydrogen) atoms. The molecule has 1 rings (SSSR count). The van der Waals surface area contributed by atoms with E-state index in [2.05, 4.69) is 5.32 Å². The molecule has 106 valence electrons. The van der Waals surface area contributed by atoms with E-state index in [1.165, 1.54) is 12.1 Å². The van der Waals surface area contributed by atoms with Crippen molar-refractivity contribution in [3.63, 3.8) is 0 Å². The van der Waals surface area contributed by atoms with Gasteiger partial charge in [-0.1, -0.05) is 26.8 Å². The van der Waals surface area contributed by atoms with Crippen LogP contribution >= 0.6 is 0 Å². The largest absolute Gasteiger partial charge is 0.347 e. The summed E-state index contributed by atoms with van der Waals surface area (Å²) in [6.45, 7) is 7.14. The summed E-state index contributed by atoms with van der Waals surface area (Å²) in [6, 6.07) is 2.07. The predicted octanol–water partition coefficient (Wildman–Crippen LogP) is 2.52. The minimum absolute atomic E-state index is 0.253. The Kier molecular flexibility index (Phi) is 4.63. The summed E-state index contributed by atoms with van der Waals surface area (Å²) in [7, 11) is 0. The zero-order valence-corrected chi connectivity index (χ0v) is 11.6. The van der Waals surface area contributed by atoms with Crippen LogP contribution in [0.25, 0.3) is 0 Å². The number of amides is 1. The van der Waals surface area contributed by atoms with Gasteiger partial charge in [-0.2, -0.15) is 0 Å². The van der Waals surface area contributed by atoms with Crippen molar-refractivity contribution >= 4 is 5.91 Å². The second-order valence-electron chi connectivity index (χ2n) is 5.76. The van der Waals surface area contributed by atoms with E-state index >= 15 is 0 Å². The van der Waals surface area contributed by atoms with Crippen molar-refractivity contribution in [3.8, 4) is 0 Å². The number of nitrogens with one attached hydrogen (secondary N) is 1. The Morgan fingerprint density at radius 3 is 2.32 bits per heavy atom. The maximum atomic E-state index is 13.9. The molecule has 0 radical (unpaired) electrons. The highest BCUT2D eigenvalue weighted by atomic mass is 19.1. The van der Waals surface area contributed by atoms with Crippen molar-refractivity contribution in [2.45, 2.75) is 39.8 Å². The van der Waals surface area contributed by atoms with Crippen LogP contribution < -0.4 is 11.1 Å². The molecule has 1 aromatic rings. The molecule has 0 aliphatic carbocycles. The number of hydrogen-bond donors (Lipinski definition) is 2. The molecular weight excluding hydrogens is 250 g/mol.